The number of halogens is 1. The molecule has 0 radical (unpaired) electrons. The summed E-state index contributed by atoms with van der Waals surface area (Å²) in [6, 6.07) is 5.18. The number of hydrogen-bond donors (Lipinski definition) is 2. The van der Waals surface area contributed by atoms with Crippen LogP contribution in [0.3, 0.4) is 0 Å². The Morgan fingerprint density at radius 1 is 1.21 bits per heavy atom. The van der Waals surface area contributed by atoms with Gasteiger partial charge in [-0.25, -0.2) is 18.7 Å². The number of carbonyl (C=O) groups excluding carboxylic acids is 3. The van der Waals surface area contributed by atoms with Crippen LogP contribution in [-0.4, -0.2) is 40.8 Å². The lowest BCUT2D eigenvalue weighted by molar-refractivity contribution is -0.149. The molecule has 1 aromatic heterocycles. The molecular weight excluding hydrogens is 367 g/mol. The molecule has 1 heterocycles. The van der Waals surface area contributed by atoms with Crippen molar-refractivity contribution < 1.29 is 23.5 Å². The quantitative estimate of drug-likeness (QED) is 0.603. The van der Waals surface area contributed by atoms with Crippen molar-refractivity contribution in [2.75, 3.05) is 7.05 Å². The van der Waals surface area contributed by atoms with Crippen LogP contribution in [0.25, 0.3) is 11.8 Å². The van der Waals surface area contributed by atoms with E-state index in [2.05, 4.69) is 10.4 Å². The van der Waals surface area contributed by atoms with Gasteiger partial charge in [-0.2, -0.15) is 5.10 Å². The van der Waals surface area contributed by atoms with Crippen molar-refractivity contribution in [1.82, 2.24) is 20.4 Å². The summed E-state index contributed by atoms with van der Waals surface area (Å²) < 4.78 is 19.7. The maximum atomic E-state index is 13.1. The van der Waals surface area contributed by atoms with Crippen LogP contribution < -0.4 is 10.6 Å². The normalized spacial score (nSPS) is 11.9. The zero-order valence-electron chi connectivity index (χ0n) is 15.9. The highest BCUT2D eigenvalue weighted by Crippen LogP contribution is 2.19. The summed E-state index contributed by atoms with van der Waals surface area (Å²) in [5, 5.41) is 8.65. The number of esters is 1. The van der Waals surface area contributed by atoms with Gasteiger partial charge in [0, 0.05) is 24.4 Å². The molecule has 2 N–H and O–H groups in total. The molecule has 9 heteroatoms. The van der Waals surface area contributed by atoms with Crippen LogP contribution in [-0.2, 0) is 14.3 Å². The largest absolute Gasteiger partial charge is 0.449 e. The number of nitrogens with zero attached hydrogens (tertiary/aromatic N) is 2. The number of benzene rings is 1. The van der Waals surface area contributed by atoms with Gasteiger partial charge in [0.05, 0.1) is 11.4 Å². The number of aryl methyl sites for hydroxylation is 1. The minimum absolute atomic E-state index is 0.345. The molecule has 28 heavy (non-hydrogen) atoms. The zero-order chi connectivity index (χ0) is 20.8. The molecular formula is C19H21FN4O4. The second-order valence-corrected chi connectivity index (χ2v) is 5.95. The topological polar surface area (TPSA) is 102 Å². The number of aromatic nitrogens is 2. The Morgan fingerprint density at radius 2 is 1.86 bits per heavy atom. The lowest BCUT2D eigenvalue weighted by atomic mass is 10.2. The molecule has 148 valence electrons. The first-order valence-corrected chi connectivity index (χ1v) is 8.46. The molecule has 1 aromatic carbocycles. The van der Waals surface area contributed by atoms with Crippen molar-refractivity contribution in [1.29, 1.82) is 0 Å². The van der Waals surface area contributed by atoms with Crippen LogP contribution in [0.1, 0.15) is 23.9 Å². The molecule has 0 spiro atoms. The van der Waals surface area contributed by atoms with E-state index in [-0.39, 0.29) is 5.82 Å². The Kier molecular flexibility index (Phi) is 6.64. The minimum atomic E-state index is -1.14. The molecule has 1 unspecified atom stereocenters. The Bertz CT molecular complexity index is 919. The Morgan fingerprint density at radius 3 is 2.46 bits per heavy atom. The van der Waals surface area contributed by atoms with Gasteiger partial charge in [0.1, 0.15) is 5.82 Å². The molecule has 0 aliphatic rings. The molecule has 0 bridgehead atoms. The number of hydrogen-bond acceptors (Lipinski definition) is 5. The van der Waals surface area contributed by atoms with Gasteiger partial charge in [-0.1, -0.05) is 0 Å². The Balaban J connectivity index is 2.09. The minimum Gasteiger partial charge on any atom is -0.449 e. The van der Waals surface area contributed by atoms with Crippen molar-refractivity contribution >= 4 is 24.0 Å². The van der Waals surface area contributed by atoms with Crippen LogP contribution >= 0.6 is 0 Å². The number of nitrogens with one attached hydrogen (secondary N) is 2. The molecule has 2 rings (SSSR count). The van der Waals surface area contributed by atoms with Gasteiger partial charge < -0.3 is 10.1 Å². The van der Waals surface area contributed by atoms with E-state index in [4.69, 9.17) is 4.74 Å². The van der Waals surface area contributed by atoms with E-state index < -0.39 is 24.0 Å². The van der Waals surface area contributed by atoms with E-state index in [1.54, 1.807) is 23.7 Å². The third kappa shape index (κ3) is 5.03. The molecule has 2 aromatic rings. The SMILES string of the molecule is CNC(=O)NC(=O)C(C)OC(=O)/C=C/c1c(C)nn(-c2ccc(F)cc2)c1C. The highest BCUT2D eigenvalue weighted by atomic mass is 19.1. The zero-order valence-corrected chi connectivity index (χ0v) is 15.9. The van der Waals surface area contributed by atoms with Crippen molar-refractivity contribution in [2.24, 2.45) is 0 Å². The summed E-state index contributed by atoms with van der Waals surface area (Å²) in [5.74, 6) is -1.83. The molecule has 0 aliphatic heterocycles. The number of amides is 3. The summed E-state index contributed by atoms with van der Waals surface area (Å²) in [6.07, 6.45) is 1.57. The van der Waals surface area contributed by atoms with Crippen molar-refractivity contribution in [3.63, 3.8) is 0 Å². The average molecular weight is 388 g/mol. The van der Waals surface area contributed by atoms with Crippen LogP contribution in [0.5, 0.6) is 0 Å². The first kappa shape index (κ1) is 20.8. The summed E-state index contributed by atoms with van der Waals surface area (Å²) in [7, 11) is 1.36. The van der Waals surface area contributed by atoms with Gasteiger partial charge in [0.25, 0.3) is 5.91 Å². The van der Waals surface area contributed by atoms with Crippen LogP contribution in [0.2, 0.25) is 0 Å². The van der Waals surface area contributed by atoms with E-state index in [0.29, 0.717) is 16.9 Å². The maximum Gasteiger partial charge on any atom is 0.331 e. The second-order valence-electron chi connectivity index (χ2n) is 5.95. The van der Waals surface area contributed by atoms with Gasteiger partial charge in [-0.15, -0.1) is 0 Å². The molecule has 1 atom stereocenters. The van der Waals surface area contributed by atoms with Crippen molar-refractivity contribution in [2.45, 2.75) is 26.9 Å². The van der Waals surface area contributed by atoms with Crippen LogP contribution in [0.4, 0.5) is 9.18 Å². The molecule has 0 aliphatic carbocycles. The van der Waals surface area contributed by atoms with Gasteiger partial charge in [-0.3, -0.25) is 10.1 Å². The van der Waals surface area contributed by atoms with Crippen molar-refractivity contribution in [3.05, 3.63) is 53.1 Å². The molecule has 3 amide bonds. The van der Waals surface area contributed by atoms with E-state index in [1.807, 2.05) is 12.2 Å². The standard InChI is InChI=1S/C19H21FN4O4/c1-11-16(12(2)24(23-11)15-7-5-14(20)6-8-15)9-10-17(25)28-13(3)18(26)22-19(27)21-4/h5-10,13H,1-4H3,(H2,21,22,26,27)/b10-9+. The number of imide groups is 1. The highest BCUT2D eigenvalue weighted by molar-refractivity contribution is 5.98. The van der Waals surface area contributed by atoms with Gasteiger partial charge in [-0.05, 0) is 51.1 Å². The lowest BCUT2D eigenvalue weighted by Crippen LogP contribution is -2.43. The first-order chi connectivity index (χ1) is 13.2. The average Bonchev–Trinajstić information content (AvgIpc) is 2.94. The summed E-state index contributed by atoms with van der Waals surface area (Å²) in [5.41, 5.74) is 2.79. The highest BCUT2D eigenvalue weighted by Gasteiger charge is 2.18. The first-order valence-electron chi connectivity index (χ1n) is 8.46. The number of carbonyl (C=O) groups is 3. The predicted octanol–water partition coefficient (Wildman–Crippen LogP) is 2.03. The molecule has 0 saturated heterocycles. The van der Waals surface area contributed by atoms with Crippen molar-refractivity contribution in [3.8, 4) is 5.69 Å². The second kappa shape index (κ2) is 8.94. The molecule has 0 saturated carbocycles. The fourth-order valence-electron chi connectivity index (χ4n) is 2.42. The number of urea groups is 1. The summed E-state index contributed by atoms with van der Waals surface area (Å²) in [4.78, 5) is 34.8. The smallest absolute Gasteiger partial charge is 0.331 e. The van der Waals surface area contributed by atoms with E-state index in [0.717, 1.165) is 5.69 Å². The maximum absolute atomic E-state index is 13.1. The van der Waals surface area contributed by atoms with E-state index >= 15 is 0 Å². The Labute approximate surface area is 161 Å². The lowest BCUT2D eigenvalue weighted by Gasteiger charge is -2.11. The third-order valence-corrected chi connectivity index (χ3v) is 3.93. The van der Waals surface area contributed by atoms with Gasteiger partial charge >= 0.3 is 12.0 Å². The molecule has 8 nitrogen and oxygen atoms in total. The summed E-state index contributed by atoms with van der Waals surface area (Å²) in [6.45, 7) is 4.94. The Hall–Kier alpha value is -3.49. The monoisotopic (exact) mass is 388 g/mol. The third-order valence-electron chi connectivity index (χ3n) is 3.93. The summed E-state index contributed by atoms with van der Waals surface area (Å²) >= 11 is 0. The number of rotatable bonds is 5. The van der Waals surface area contributed by atoms with Crippen LogP contribution in [0, 0.1) is 19.7 Å². The van der Waals surface area contributed by atoms with Crippen LogP contribution in [0.15, 0.2) is 30.3 Å². The van der Waals surface area contributed by atoms with Gasteiger partial charge in [0.2, 0.25) is 0 Å². The fraction of sp³-hybridized carbons (Fsp3) is 0.263. The molecule has 0 fully saturated rings. The number of ether oxygens (including phenoxy) is 1. The van der Waals surface area contributed by atoms with E-state index in [9.17, 15) is 18.8 Å². The van der Waals surface area contributed by atoms with Gasteiger partial charge in [0.15, 0.2) is 6.10 Å². The fourth-order valence-corrected chi connectivity index (χ4v) is 2.42. The predicted molar refractivity (Wildman–Crippen MR) is 100 cm³/mol. The van der Waals surface area contributed by atoms with E-state index in [1.165, 1.54) is 38.3 Å².